The Kier molecular flexibility index (Phi) is 7.49. The molecular weight excluding hydrogens is 451 g/mol. The molecule has 3 heterocycles. The highest BCUT2D eigenvalue weighted by Crippen LogP contribution is 2.29. The van der Waals surface area contributed by atoms with E-state index in [0.29, 0.717) is 49.4 Å². The van der Waals surface area contributed by atoms with Crippen molar-refractivity contribution in [3.63, 3.8) is 0 Å². The second kappa shape index (κ2) is 10.4. The van der Waals surface area contributed by atoms with Crippen LogP contribution in [0.4, 0.5) is 11.5 Å². The number of methoxy groups -OCH3 is 1. The third-order valence-corrected chi connectivity index (χ3v) is 6.47. The maximum Gasteiger partial charge on any atom is 0.494 e. The van der Waals surface area contributed by atoms with Crippen LogP contribution in [0.2, 0.25) is 0 Å². The number of benzene rings is 1. The molecule has 1 aromatic carbocycles. The standard InChI is InChI=1S/C24H33BN4O6/c1-15-7-8-33-12-20(15)29-11-18(22(26)31)23(28-29)27-17-5-6-19(16(9-17)10-21(30)32-4)25-34-13-24(2,3)14-35-25/h5-6,9,11,15,20H,7-8,10,12-14H2,1-4H3,(H2,26,31)(H,27,28)/t15-,20?/m0/s1. The fourth-order valence-electron chi connectivity index (χ4n) is 4.30. The molecule has 0 bridgehead atoms. The van der Waals surface area contributed by atoms with Gasteiger partial charge in [0.05, 0.1) is 26.2 Å². The van der Waals surface area contributed by atoms with Gasteiger partial charge in [-0.3, -0.25) is 14.3 Å². The zero-order valence-electron chi connectivity index (χ0n) is 20.7. The van der Waals surface area contributed by atoms with Crippen LogP contribution < -0.4 is 16.5 Å². The van der Waals surface area contributed by atoms with Gasteiger partial charge < -0.3 is 29.8 Å². The molecule has 1 amide bonds. The number of hydrogen-bond acceptors (Lipinski definition) is 8. The minimum Gasteiger partial charge on any atom is -0.469 e. The quantitative estimate of drug-likeness (QED) is 0.450. The molecule has 0 aliphatic carbocycles. The number of nitrogens with one attached hydrogen (secondary N) is 1. The average Bonchev–Trinajstić information content (AvgIpc) is 3.23. The molecular formula is C24H33BN4O6. The highest BCUT2D eigenvalue weighted by Gasteiger charge is 2.35. The molecule has 2 atom stereocenters. The van der Waals surface area contributed by atoms with Crippen molar-refractivity contribution < 1.29 is 28.4 Å². The summed E-state index contributed by atoms with van der Waals surface area (Å²) in [5, 5.41) is 7.82. The summed E-state index contributed by atoms with van der Waals surface area (Å²) in [4.78, 5) is 24.3. The zero-order valence-corrected chi connectivity index (χ0v) is 20.7. The second-order valence-electron chi connectivity index (χ2n) is 10.1. The van der Waals surface area contributed by atoms with E-state index in [-0.39, 0.29) is 29.4 Å². The predicted octanol–water partition coefficient (Wildman–Crippen LogP) is 1.81. The summed E-state index contributed by atoms with van der Waals surface area (Å²) in [7, 11) is 0.770. The molecule has 35 heavy (non-hydrogen) atoms. The lowest BCUT2D eigenvalue weighted by Gasteiger charge is -2.33. The maximum atomic E-state index is 12.2. The molecule has 2 aromatic rings. The molecule has 4 rings (SSSR count). The van der Waals surface area contributed by atoms with E-state index in [9.17, 15) is 9.59 Å². The largest absolute Gasteiger partial charge is 0.494 e. The summed E-state index contributed by atoms with van der Waals surface area (Å²) in [5.74, 6) is -0.267. The Morgan fingerprint density at radius 3 is 2.71 bits per heavy atom. The van der Waals surface area contributed by atoms with Crippen LogP contribution in [-0.4, -0.2) is 62.3 Å². The predicted molar refractivity (Wildman–Crippen MR) is 131 cm³/mol. The van der Waals surface area contributed by atoms with Gasteiger partial charge in [0.2, 0.25) is 0 Å². The number of anilines is 2. The maximum absolute atomic E-state index is 12.2. The fraction of sp³-hybridized carbons (Fsp3) is 0.542. The molecule has 1 aromatic heterocycles. The highest BCUT2D eigenvalue weighted by atomic mass is 16.6. The Bertz CT molecular complexity index is 1080. The molecule has 11 heteroatoms. The Hall–Kier alpha value is -2.89. The van der Waals surface area contributed by atoms with Crippen molar-refractivity contribution in [1.29, 1.82) is 0 Å². The molecule has 2 aliphatic rings. The van der Waals surface area contributed by atoms with Gasteiger partial charge in [-0.1, -0.05) is 26.8 Å². The lowest BCUT2D eigenvalue weighted by molar-refractivity contribution is -0.139. The summed E-state index contributed by atoms with van der Waals surface area (Å²) < 4.78 is 24.1. The number of hydrogen-bond donors (Lipinski definition) is 2. The Labute approximate surface area is 205 Å². The van der Waals surface area contributed by atoms with Gasteiger partial charge >= 0.3 is 13.1 Å². The minimum absolute atomic E-state index is 0.0134. The van der Waals surface area contributed by atoms with Crippen molar-refractivity contribution in [2.45, 2.75) is 39.7 Å². The number of carbonyl (C=O) groups is 2. The van der Waals surface area contributed by atoms with Crippen LogP contribution in [0.5, 0.6) is 0 Å². The average molecular weight is 484 g/mol. The monoisotopic (exact) mass is 484 g/mol. The van der Waals surface area contributed by atoms with E-state index < -0.39 is 13.0 Å². The number of amides is 1. The third kappa shape index (κ3) is 5.86. The number of esters is 1. The Morgan fingerprint density at radius 2 is 2.06 bits per heavy atom. The van der Waals surface area contributed by atoms with E-state index in [0.717, 1.165) is 11.9 Å². The first-order valence-electron chi connectivity index (χ1n) is 11.8. The Morgan fingerprint density at radius 1 is 1.31 bits per heavy atom. The Balaban J connectivity index is 1.62. The molecule has 10 nitrogen and oxygen atoms in total. The summed E-state index contributed by atoms with van der Waals surface area (Å²) >= 11 is 0. The number of carbonyl (C=O) groups excluding carboxylic acids is 2. The summed E-state index contributed by atoms with van der Waals surface area (Å²) in [5.41, 5.74) is 7.94. The van der Waals surface area contributed by atoms with Gasteiger partial charge in [0.25, 0.3) is 5.91 Å². The molecule has 188 valence electrons. The normalized spacial score (nSPS) is 22.0. The fourth-order valence-corrected chi connectivity index (χ4v) is 4.30. The minimum atomic E-state index is -0.582. The molecule has 0 radical (unpaired) electrons. The lowest BCUT2D eigenvalue weighted by Crippen LogP contribution is -2.48. The summed E-state index contributed by atoms with van der Waals surface area (Å²) in [6.07, 6.45) is 2.62. The molecule has 0 saturated carbocycles. The highest BCUT2D eigenvalue weighted by molar-refractivity contribution is 6.62. The first-order chi connectivity index (χ1) is 16.7. The van der Waals surface area contributed by atoms with Crippen LogP contribution in [0, 0.1) is 11.3 Å². The van der Waals surface area contributed by atoms with Crippen molar-refractivity contribution in [3.8, 4) is 0 Å². The van der Waals surface area contributed by atoms with E-state index in [1.54, 1.807) is 10.9 Å². The SMILES string of the molecule is COC(=O)Cc1cc(Nc2nn(C3COCC[C@@H]3C)cc2C(N)=O)ccc1B1OCC(C)(C)CO1. The van der Waals surface area contributed by atoms with Gasteiger partial charge in [-0.05, 0) is 35.5 Å². The first-order valence-corrected chi connectivity index (χ1v) is 11.8. The van der Waals surface area contributed by atoms with E-state index in [2.05, 4.69) is 31.2 Å². The van der Waals surface area contributed by atoms with Crippen molar-refractivity contribution in [2.75, 3.05) is 38.9 Å². The number of rotatable bonds is 7. The molecule has 1 unspecified atom stereocenters. The number of aromatic nitrogens is 2. The van der Waals surface area contributed by atoms with Crippen molar-refractivity contribution >= 4 is 36.0 Å². The zero-order chi connectivity index (χ0) is 25.2. The van der Waals surface area contributed by atoms with Crippen molar-refractivity contribution in [1.82, 2.24) is 9.78 Å². The molecule has 2 aliphatic heterocycles. The van der Waals surface area contributed by atoms with Crippen molar-refractivity contribution in [2.24, 2.45) is 17.1 Å². The number of nitrogens with two attached hydrogens (primary N) is 1. The number of ether oxygens (including phenoxy) is 2. The van der Waals surface area contributed by atoms with Crippen LogP contribution >= 0.6 is 0 Å². The molecule has 3 N–H and O–H groups in total. The van der Waals surface area contributed by atoms with Crippen molar-refractivity contribution in [3.05, 3.63) is 35.5 Å². The summed E-state index contributed by atoms with van der Waals surface area (Å²) in [6.45, 7) is 8.60. The summed E-state index contributed by atoms with van der Waals surface area (Å²) in [6, 6.07) is 5.51. The lowest BCUT2D eigenvalue weighted by atomic mass is 9.72. The second-order valence-corrected chi connectivity index (χ2v) is 10.1. The molecule has 2 saturated heterocycles. The third-order valence-electron chi connectivity index (χ3n) is 6.47. The van der Waals surface area contributed by atoms with E-state index >= 15 is 0 Å². The smallest absolute Gasteiger partial charge is 0.469 e. The topological polar surface area (TPSA) is 127 Å². The van der Waals surface area contributed by atoms with Crippen LogP contribution in [0.3, 0.4) is 0 Å². The van der Waals surface area contributed by atoms with Gasteiger partial charge in [0.1, 0.15) is 5.56 Å². The van der Waals surface area contributed by atoms with Gasteiger partial charge in [-0.25, -0.2) is 0 Å². The number of primary amides is 1. The van der Waals surface area contributed by atoms with Gasteiger partial charge in [-0.15, -0.1) is 0 Å². The van der Waals surface area contributed by atoms with E-state index in [1.807, 2.05) is 18.2 Å². The van der Waals surface area contributed by atoms with Crippen LogP contribution in [-0.2, 0) is 30.0 Å². The van der Waals surface area contributed by atoms with Crippen LogP contribution in [0.1, 0.15) is 49.2 Å². The van der Waals surface area contributed by atoms with E-state index in [4.69, 9.17) is 24.5 Å². The van der Waals surface area contributed by atoms with Gasteiger partial charge in [-0.2, -0.15) is 5.10 Å². The van der Waals surface area contributed by atoms with Crippen LogP contribution in [0.15, 0.2) is 24.4 Å². The molecule has 0 spiro atoms. The molecule has 2 fully saturated rings. The number of nitrogens with zero attached hydrogens (tertiary/aromatic N) is 2. The van der Waals surface area contributed by atoms with E-state index in [1.165, 1.54) is 7.11 Å². The van der Waals surface area contributed by atoms with Crippen LogP contribution in [0.25, 0.3) is 0 Å². The van der Waals surface area contributed by atoms with Gasteiger partial charge in [0, 0.05) is 37.1 Å². The first kappa shape index (κ1) is 25.2. The van der Waals surface area contributed by atoms with Gasteiger partial charge in [0.15, 0.2) is 5.82 Å².